The minimum absolute atomic E-state index is 0.305. The first kappa shape index (κ1) is 17.0. The molecule has 2 rings (SSSR count). The molecule has 0 aromatic carbocycles. The van der Waals surface area contributed by atoms with Crippen LogP contribution in [0.25, 0.3) is 0 Å². The summed E-state index contributed by atoms with van der Waals surface area (Å²) in [6.45, 7) is 3.02. The fraction of sp³-hybridized carbons (Fsp3) is 1.00. The van der Waals surface area contributed by atoms with Gasteiger partial charge in [-0.3, -0.25) is 0 Å². The molecule has 0 saturated carbocycles. The Balaban J connectivity index is 2.33. The summed E-state index contributed by atoms with van der Waals surface area (Å²) in [5, 5.41) is 19.8. The lowest BCUT2D eigenvalue weighted by Gasteiger charge is -2.56. The fourth-order valence-electron chi connectivity index (χ4n) is 2.71. The first-order valence-corrected chi connectivity index (χ1v) is 6.79. The van der Waals surface area contributed by atoms with Gasteiger partial charge in [-0.05, 0) is 13.8 Å². The summed E-state index contributed by atoms with van der Waals surface area (Å²) in [4.78, 5) is 0. The third kappa shape index (κ3) is 2.60. The van der Waals surface area contributed by atoms with Crippen LogP contribution in [0.3, 0.4) is 0 Å². The van der Waals surface area contributed by atoms with Crippen molar-refractivity contribution in [1.82, 2.24) is 0 Å². The van der Waals surface area contributed by atoms with Gasteiger partial charge < -0.3 is 38.6 Å². The Kier molecular flexibility index (Phi) is 4.91. The number of fused-ring (bicyclic) bond motifs is 1. The summed E-state index contributed by atoms with van der Waals surface area (Å²) in [7, 11) is 4.33. The summed E-state index contributed by atoms with van der Waals surface area (Å²) in [6.07, 6.45) is -4.21. The second kappa shape index (κ2) is 6.05. The zero-order valence-corrected chi connectivity index (χ0v) is 12.9. The highest BCUT2D eigenvalue weighted by atomic mass is 16.8. The minimum Gasteiger partial charge on any atom is -0.394 e. The van der Waals surface area contributed by atoms with Gasteiger partial charge in [0.15, 0.2) is 6.29 Å². The molecule has 2 heterocycles. The fourth-order valence-corrected chi connectivity index (χ4v) is 2.71. The van der Waals surface area contributed by atoms with Crippen LogP contribution in [-0.2, 0) is 28.4 Å². The smallest absolute Gasteiger partial charge is 0.220 e. The lowest BCUT2D eigenvalue weighted by molar-refractivity contribution is -0.479. The lowest BCUT2D eigenvalue weighted by atomic mass is 9.94. The second-order valence-electron chi connectivity index (χ2n) is 5.42. The van der Waals surface area contributed by atoms with Gasteiger partial charge in [0.25, 0.3) is 0 Å². The van der Waals surface area contributed by atoms with E-state index in [-0.39, 0.29) is 6.61 Å². The molecule has 2 aliphatic rings. The van der Waals surface area contributed by atoms with Gasteiger partial charge in [0.1, 0.15) is 24.4 Å². The van der Waals surface area contributed by atoms with E-state index in [1.165, 1.54) is 21.3 Å². The average molecular weight is 308 g/mol. The largest absolute Gasteiger partial charge is 0.394 e. The van der Waals surface area contributed by atoms with Crippen LogP contribution < -0.4 is 0 Å². The van der Waals surface area contributed by atoms with E-state index in [4.69, 9.17) is 28.4 Å². The van der Waals surface area contributed by atoms with E-state index in [0.29, 0.717) is 0 Å². The molecule has 21 heavy (non-hydrogen) atoms. The molecule has 0 spiro atoms. The standard InChI is InChI=1S/C13H24O8/c1-12(17-4)13(2,18-5)21-10-8(15)11(16-3)19-7(6-14)9(10)20-12/h7-11,14-15H,6H2,1-5H3/t7-,8+,9-,10-,11-,12+,13+/m1/s1. The molecule has 0 aromatic rings. The molecule has 0 unspecified atom stereocenters. The van der Waals surface area contributed by atoms with Crippen LogP contribution in [0.4, 0.5) is 0 Å². The predicted octanol–water partition coefficient (Wildman–Crippen LogP) is -0.780. The Hall–Kier alpha value is -0.320. The van der Waals surface area contributed by atoms with Gasteiger partial charge in [-0.15, -0.1) is 0 Å². The minimum atomic E-state index is -1.24. The Bertz CT molecular complexity index is 366. The van der Waals surface area contributed by atoms with Crippen molar-refractivity contribution in [3.63, 3.8) is 0 Å². The van der Waals surface area contributed by atoms with Gasteiger partial charge in [-0.25, -0.2) is 0 Å². The van der Waals surface area contributed by atoms with Crippen LogP contribution in [0.1, 0.15) is 13.8 Å². The predicted molar refractivity (Wildman–Crippen MR) is 69.3 cm³/mol. The van der Waals surface area contributed by atoms with Crippen molar-refractivity contribution in [1.29, 1.82) is 0 Å². The molecular formula is C13H24O8. The van der Waals surface area contributed by atoms with Crippen LogP contribution in [0.5, 0.6) is 0 Å². The Morgan fingerprint density at radius 1 is 1.00 bits per heavy atom. The summed E-state index contributed by atoms with van der Waals surface area (Å²) in [5.41, 5.74) is 0. The summed E-state index contributed by atoms with van der Waals surface area (Å²) < 4.78 is 33.2. The number of hydrogen-bond donors (Lipinski definition) is 2. The van der Waals surface area contributed by atoms with E-state index in [9.17, 15) is 10.2 Å². The van der Waals surface area contributed by atoms with Gasteiger partial charge in [-0.1, -0.05) is 0 Å². The molecule has 2 N–H and O–H groups in total. The Labute approximate surface area is 123 Å². The number of aliphatic hydroxyl groups is 2. The number of ether oxygens (including phenoxy) is 6. The van der Waals surface area contributed by atoms with Crippen molar-refractivity contribution in [2.24, 2.45) is 0 Å². The average Bonchev–Trinajstić information content (AvgIpc) is 2.50. The maximum atomic E-state index is 10.3. The van der Waals surface area contributed by atoms with E-state index < -0.39 is 42.3 Å². The van der Waals surface area contributed by atoms with Crippen LogP contribution >= 0.6 is 0 Å². The van der Waals surface area contributed by atoms with Crippen LogP contribution in [0, 0.1) is 0 Å². The zero-order valence-electron chi connectivity index (χ0n) is 12.9. The van der Waals surface area contributed by atoms with E-state index in [2.05, 4.69) is 0 Å². The number of methoxy groups -OCH3 is 3. The van der Waals surface area contributed by atoms with Crippen LogP contribution in [0.15, 0.2) is 0 Å². The Morgan fingerprint density at radius 3 is 1.95 bits per heavy atom. The van der Waals surface area contributed by atoms with Crippen molar-refractivity contribution in [3.8, 4) is 0 Å². The number of hydrogen-bond acceptors (Lipinski definition) is 8. The number of aliphatic hydroxyl groups excluding tert-OH is 2. The van der Waals surface area contributed by atoms with Crippen LogP contribution in [0.2, 0.25) is 0 Å². The van der Waals surface area contributed by atoms with Gasteiger partial charge in [0.2, 0.25) is 11.6 Å². The van der Waals surface area contributed by atoms with Crippen molar-refractivity contribution in [2.45, 2.75) is 56.1 Å². The van der Waals surface area contributed by atoms with Gasteiger partial charge in [0, 0.05) is 21.3 Å². The second-order valence-corrected chi connectivity index (χ2v) is 5.42. The van der Waals surface area contributed by atoms with Gasteiger partial charge in [-0.2, -0.15) is 0 Å². The zero-order chi connectivity index (χ0) is 15.8. The third-order valence-corrected chi connectivity index (χ3v) is 4.35. The molecule has 0 aromatic heterocycles. The molecule has 0 bridgehead atoms. The lowest BCUT2D eigenvalue weighted by Crippen LogP contribution is -2.73. The molecule has 0 radical (unpaired) electrons. The molecule has 7 atom stereocenters. The summed E-state index contributed by atoms with van der Waals surface area (Å²) >= 11 is 0. The van der Waals surface area contributed by atoms with Crippen molar-refractivity contribution >= 4 is 0 Å². The molecule has 0 amide bonds. The van der Waals surface area contributed by atoms with Crippen molar-refractivity contribution < 1.29 is 38.6 Å². The molecule has 124 valence electrons. The van der Waals surface area contributed by atoms with Crippen molar-refractivity contribution in [2.75, 3.05) is 27.9 Å². The number of rotatable bonds is 4. The van der Waals surface area contributed by atoms with E-state index in [0.717, 1.165) is 0 Å². The van der Waals surface area contributed by atoms with E-state index in [1.807, 2.05) is 0 Å². The summed E-state index contributed by atoms with van der Waals surface area (Å²) in [6, 6.07) is 0. The quantitative estimate of drug-likeness (QED) is 0.698. The van der Waals surface area contributed by atoms with Crippen LogP contribution in [-0.4, -0.2) is 80.4 Å². The molecule has 0 aliphatic carbocycles. The first-order valence-electron chi connectivity index (χ1n) is 6.79. The highest BCUT2D eigenvalue weighted by Gasteiger charge is 2.62. The topological polar surface area (TPSA) is 95.8 Å². The first-order chi connectivity index (χ1) is 9.85. The van der Waals surface area contributed by atoms with Crippen molar-refractivity contribution in [3.05, 3.63) is 0 Å². The van der Waals surface area contributed by atoms with Gasteiger partial charge in [0.05, 0.1) is 6.61 Å². The molecule has 2 aliphatic heterocycles. The monoisotopic (exact) mass is 308 g/mol. The van der Waals surface area contributed by atoms with E-state index >= 15 is 0 Å². The highest BCUT2D eigenvalue weighted by molar-refractivity contribution is 4.99. The SMILES string of the molecule is CO[C@@H]1O[C@H](CO)[C@H]2O[C@](C)(OC)[C@@](C)(OC)O[C@@H]2[C@@H]1O. The molecule has 8 heteroatoms. The van der Waals surface area contributed by atoms with Gasteiger partial charge >= 0.3 is 0 Å². The highest BCUT2D eigenvalue weighted by Crippen LogP contribution is 2.43. The maximum absolute atomic E-state index is 10.3. The maximum Gasteiger partial charge on any atom is 0.220 e. The molecule has 2 saturated heterocycles. The van der Waals surface area contributed by atoms with E-state index in [1.54, 1.807) is 13.8 Å². The molecule has 2 fully saturated rings. The summed E-state index contributed by atoms with van der Waals surface area (Å²) in [5.74, 6) is -2.46. The third-order valence-electron chi connectivity index (χ3n) is 4.35. The molecular weight excluding hydrogens is 284 g/mol. The Morgan fingerprint density at radius 2 is 1.52 bits per heavy atom. The normalized spacial score (nSPS) is 50.7. The molecule has 8 nitrogen and oxygen atoms in total.